The number of hydrogen-bond acceptors (Lipinski definition) is 4. The van der Waals surface area contributed by atoms with Crippen LogP contribution in [0.5, 0.6) is 5.88 Å². The third kappa shape index (κ3) is 2.42. The minimum absolute atomic E-state index is 0.0250. The number of aromatic hydroxyl groups is 1. The number of nitrogens with zero attached hydrogens (tertiary/aromatic N) is 2. The lowest BCUT2D eigenvalue weighted by Gasteiger charge is -2.07. The number of benzene rings is 1. The number of ether oxygens (including phenoxy) is 1. The molecule has 1 aromatic heterocycles. The Kier molecular flexibility index (Phi) is 3.50. The highest BCUT2D eigenvalue weighted by molar-refractivity contribution is 5.87. The molecule has 1 aromatic carbocycles. The minimum atomic E-state index is -0.634. The van der Waals surface area contributed by atoms with Crippen molar-refractivity contribution in [3.05, 3.63) is 41.3 Å². The van der Waals surface area contributed by atoms with E-state index in [2.05, 4.69) is 5.10 Å². The standard InChI is InChI=1S/C13H13FN2O3/c1-3-19-13(18)10-7-12(17)16(15-10)11-6-4-5-9(14)8(11)2/h4-7,17H,3H2,1-2H3. The van der Waals surface area contributed by atoms with Gasteiger partial charge in [0.15, 0.2) is 5.69 Å². The lowest BCUT2D eigenvalue weighted by molar-refractivity contribution is 0.0519. The van der Waals surface area contributed by atoms with Crippen molar-refractivity contribution in [1.29, 1.82) is 0 Å². The molecular weight excluding hydrogens is 251 g/mol. The molecule has 2 aromatic rings. The largest absolute Gasteiger partial charge is 0.493 e. The zero-order chi connectivity index (χ0) is 14.0. The van der Waals surface area contributed by atoms with E-state index in [1.165, 1.54) is 18.2 Å². The fraction of sp³-hybridized carbons (Fsp3) is 0.231. The summed E-state index contributed by atoms with van der Waals surface area (Å²) in [7, 11) is 0. The number of halogens is 1. The summed E-state index contributed by atoms with van der Waals surface area (Å²) in [6, 6.07) is 5.59. The normalized spacial score (nSPS) is 10.5. The molecule has 19 heavy (non-hydrogen) atoms. The molecular formula is C13H13FN2O3. The first-order valence-electron chi connectivity index (χ1n) is 5.76. The monoisotopic (exact) mass is 264 g/mol. The summed E-state index contributed by atoms with van der Waals surface area (Å²) < 4.78 is 19.4. The van der Waals surface area contributed by atoms with Gasteiger partial charge in [-0.2, -0.15) is 9.78 Å². The van der Waals surface area contributed by atoms with Crippen molar-refractivity contribution >= 4 is 5.97 Å². The summed E-state index contributed by atoms with van der Waals surface area (Å²) in [4.78, 5) is 11.5. The van der Waals surface area contributed by atoms with Gasteiger partial charge in [-0.15, -0.1) is 0 Å². The maximum atomic E-state index is 13.5. The minimum Gasteiger partial charge on any atom is -0.493 e. The molecule has 0 radical (unpaired) electrons. The summed E-state index contributed by atoms with van der Waals surface area (Å²) in [6.45, 7) is 3.45. The van der Waals surface area contributed by atoms with Gasteiger partial charge in [0.1, 0.15) is 5.82 Å². The Morgan fingerprint density at radius 1 is 1.53 bits per heavy atom. The topological polar surface area (TPSA) is 64.3 Å². The zero-order valence-corrected chi connectivity index (χ0v) is 10.6. The van der Waals surface area contributed by atoms with Crippen molar-refractivity contribution in [2.45, 2.75) is 13.8 Å². The van der Waals surface area contributed by atoms with E-state index in [0.717, 1.165) is 4.68 Å². The van der Waals surface area contributed by atoms with E-state index < -0.39 is 11.8 Å². The lowest BCUT2D eigenvalue weighted by Crippen LogP contribution is -2.07. The first-order valence-corrected chi connectivity index (χ1v) is 5.76. The van der Waals surface area contributed by atoms with Crippen LogP contribution in [-0.2, 0) is 4.74 Å². The first-order chi connectivity index (χ1) is 9.04. The fourth-order valence-corrected chi connectivity index (χ4v) is 1.68. The summed E-state index contributed by atoms with van der Waals surface area (Å²) >= 11 is 0. The summed E-state index contributed by atoms with van der Waals surface area (Å²) in [6.07, 6.45) is 0. The van der Waals surface area contributed by atoms with Crippen LogP contribution < -0.4 is 0 Å². The van der Waals surface area contributed by atoms with Gasteiger partial charge in [0.2, 0.25) is 5.88 Å². The van der Waals surface area contributed by atoms with Crippen molar-refractivity contribution < 1.29 is 19.0 Å². The van der Waals surface area contributed by atoms with E-state index in [-0.39, 0.29) is 18.2 Å². The fourth-order valence-electron chi connectivity index (χ4n) is 1.68. The van der Waals surface area contributed by atoms with Gasteiger partial charge in [-0.3, -0.25) is 0 Å². The second-order valence-corrected chi connectivity index (χ2v) is 3.90. The molecule has 0 bridgehead atoms. The van der Waals surface area contributed by atoms with Gasteiger partial charge in [-0.1, -0.05) is 6.07 Å². The summed E-state index contributed by atoms with van der Waals surface area (Å²) in [5, 5.41) is 13.7. The van der Waals surface area contributed by atoms with Gasteiger partial charge in [-0.25, -0.2) is 9.18 Å². The van der Waals surface area contributed by atoms with Gasteiger partial charge >= 0.3 is 5.97 Å². The maximum absolute atomic E-state index is 13.5. The first kappa shape index (κ1) is 13.1. The van der Waals surface area contributed by atoms with Gasteiger partial charge < -0.3 is 9.84 Å². The molecule has 6 heteroatoms. The molecule has 1 heterocycles. The van der Waals surface area contributed by atoms with Crippen molar-refractivity contribution in [3.8, 4) is 11.6 Å². The highest BCUT2D eigenvalue weighted by Gasteiger charge is 2.17. The van der Waals surface area contributed by atoms with Crippen LogP contribution in [0.1, 0.15) is 23.0 Å². The van der Waals surface area contributed by atoms with E-state index in [1.807, 2.05) is 0 Å². The van der Waals surface area contributed by atoms with Crippen LogP contribution in [0, 0.1) is 12.7 Å². The van der Waals surface area contributed by atoms with Crippen LogP contribution >= 0.6 is 0 Å². The average molecular weight is 264 g/mol. The Morgan fingerprint density at radius 3 is 2.95 bits per heavy atom. The van der Waals surface area contributed by atoms with Crippen LogP contribution in [0.3, 0.4) is 0 Å². The van der Waals surface area contributed by atoms with Gasteiger partial charge in [0, 0.05) is 11.6 Å². The molecule has 0 atom stereocenters. The van der Waals surface area contributed by atoms with E-state index in [9.17, 15) is 14.3 Å². The van der Waals surface area contributed by atoms with E-state index >= 15 is 0 Å². The molecule has 0 aliphatic carbocycles. The maximum Gasteiger partial charge on any atom is 0.358 e. The predicted octanol–water partition coefficient (Wildman–Crippen LogP) is 2.20. The third-order valence-electron chi connectivity index (χ3n) is 2.64. The molecule has 2 rings (SSSR count). The lowest BCUT2D eigenvalue weighted by atomic mass is 10.2. The number of rotatable bonds is 3. The Balaban J connectivity index is 2.46. The van der Waals surface area contributed by atoms with E-state index in [1.54, 1.807) is 19.9 Å². The SMILES string of the molecule is CCOC(=O)c1cc(O)n(-c2cccc(F)c2C)n1. The zero-order valence-electron chi connectivity index (χ0n) is 10.6. The predicted molar refractivity (Wildman–Crippen MR) is 65.9 cm³/mol. The smallest absolute Gasteiger partial charge is 0.358 e. The Labute approximate surface area is 109 Å². The highest BCUT2D eigenvalue weighted by atomic mass is 19.1. The molecule has 100 valence electrons. The second-order valence-electron chi connectivity index (χ2n) is 3.90. The van der Waals surface area contributed by atoms with E-state index in [0.29, 0.717) is 11.3 Å². The van der Waals surface area contributed by atoms with Crippen molar-refractivity contribution in [3.63, 3.8) is 0 Å². The highest BCUT2D eigenvalue weighted by Crippen LogP contribution is 2.22. The van der Waals surface area contributed by atoms with Gasteiger partial charge in [0.25, 0.3) is 0 Å². The summed E-state index contributed by atoms with van der Waals surface area (Å²) in [5.41, 5.74) is 0.673. The molecule has 0 saturated carbocycles. The Hall–Kier alpha value is -2.37. The Bertz CT molecular complexity index is 622. The molecule has 1 N–H and O–H groups in total. The quantitative estimate of drug-likeness (QED) is 0.863. The number of carbonyl (C=O) groups excluding carboxylic acids is 1. The van der Waals surface area contributed by atoms with E-state index in [4.69, 9.17) is 4.74 Å². The molecule has 0 unspecified atom stereocenters. The molecule has 0 aliphatic rings. The van der Waals surface area contributed by atoms with Crippen LogP contribution in [0.15, 0.2) is 24.3 Å². The average Bonchev–Trinajstić information content (AvgIpc) is 2.75. The number of carbonyl (C=O) groups is 1. The molecule has 0 aliphatic heterocycles. The second kappa shape index (κ2) is 5.09. The molecule has 0 fully saturated rings. The van der Waals surface area contributed by atoms with Gasteiger partial charge in [0.05, 0.1) is 12.3 Å². The Morgan fingerprint density at radius 2 is 2.26 bits per heavy atom. The third-order valence-corrected chi connectivity index (χ3v) is 2.64. The van der Waals surface area contributed by atoms with Crippen molar-refractivity contribution in [1.82, 2.24) is 9.78 Å². The van der Waals surface area contributed by atoms with Crippen LogP contribution in [0.4, 0.5) is 4.39 Å². The number of aromatic nitrogens is 2. The molecule has 5 nitrogen and oxygen atoms in total. The molecule has 0 saturated heterocycles. The molecule has 0 amide bonds. The molecule has 0 spiro atoms. The van der Waals surface area contributed by atoms with Crippen LogP contribution in [0.2, 0.25) is 0 Å². The van der Waals surface area contributed by atoms with Crippen molar-refractivity contribution in [2.24, 2.45) is 0 Å². The van der Waals surface area contributed by atoms with Crippen LogP contribution in [0.25, 0.3) is 5.69 Å². The van der Waals surface area contributed by atoms with Crippen molar-refractivity contribution in [2.75, 3.05) is 6.61 Å². The summed E-state index contributed by atoms with van der Waals surface area (Å²) in [5.74, 6) is -1.30. The van der Waals surface area contributed by atoms with Crippen LogP contribution in [-0.4, -0.2) is 27.5 Å². The number of esters is 1. The van der Waals surface area contributed by atoms with Gasteiger partial charge in [-0.05, 0) is 26.0 Å². The number of hydrogen-bond donors (Lipinski definition) is 1.